The number of nitrogens with one attached hydrogen (secondary N) is 1. The molecule has 0 spiro atoms. The van der Waals surface area contributed by atoms with Gasteiger partial charge in [0.1, 0.15) is 13.2 Å². The van der Waals surface area contributed by atoms with Crippen LogP contribution in [0, 0.1) is 5.41 Å². The number of ether oxygens (including phenoxy) is 2. The molecule has 0 saturated heterocycles. The van der Waals surface area contributed by atoms with Gasteiger partial charge in [0.25, 0.3) is 11.8 Å². The minimum absolute atomic E-state index is 0.0283. The van der Waals surface area contributed by atoms with E-state index in [0.717, 1.165) is 4.90 Å². The van der Waals surface area contributed by atoms with Crippen molar-refractivity contribution in [3.05, 3.63) is 35.4 Å². The predicted octanol–water partition coefficient (Wildman–Crippen LogP) is 1.99. The number of carbonyl (C=O) groups excluding carboxylic acids is 4. The van der Waals surface area contributed by atoms with Crippen LogP contribution in [0.25, 0.3) is 0 Å². The van der Waals surface area contributed by atoms with Crippen LogP contribution >= 0.6 is 0 Å². The van der Waals surface area contributed by atoms with Crippen molar-refractivity contribution in [2.24, 2.45) is 5.41 Å². The van der Waals surface area contributed by atoms with E-state index in [0.29, 0.717) is 17.5 Å². The first kappa shape index (κ1) is 20.4. The number of esters is 1. The summed E-state index contributed by atoms with van der Waals surface area (Å²) >= 11 is 0. The van der Waals surface area contributed by atoms with Crippen LogP contribution in [-0.2, 0) is 14.3 Å². The highest BCUT2D eigenvalue weighted by Crippen LogP contribution is 2.22. The molecule has 0 radical (unpaired) electrons. The Morgan fingerprint density at radius 3 is 2.19 bits per heavy atom. The molecule has 1 aromatic carbocycles. The smallest absolute Gasteiger partial charge is 0.407 e. The third-order valence-electron chi connectivity index (χ3n) is 4.47. The molecule has 146 valence electrons. The van der Waals surface area contributed by atoms with Gasteiger partial charge in [-0.1, -0.05) is 19.1 Å². The Balaban J connectivity index is 1.67. The van der Waals surface area contributed by atoms with E-state index < -0.39 is 23.3 Å². The van der Waals surface area contributed by atoms with E-state index in [4.69, 9.17) is 9.47 Å². The maximum Gasteiger partial charge on any atom is 0.407 e. The van der Waals surface area contributed by atoms with E-state index in [1.807, 2.05) is 6.92 Å². The van der Waals surface area contributed by atoms with E-state index >= 15 is 0 Å². The number of rotatable bonds is 8. The standard InChI is InChI=1S/C19H24N2O6/c1-4-19(2,3)17(24)26-11-9-20-18(25)27-12-10-21-15(22)13-7-5-6-8-14(13)16(21)23/h5-8H,4,9-12H2,1-3H3,(H,20,25). The number of imide groups is 1. The van der Waals surface area contributed by atoms with Crippen LogP contribution < -0.4 is 5.32 Å². The molecule has 0 bridgehead atoms. The molecule has 0 aliphatic carbocycles. The maximum atomic E-state index is 12.2. The molecule has 2 rings (SSSR count). The summed E-state index contributed by atoms with van der Waals surface area (Å²) in [5, 5.41) is 2.45. The van der Waals surface area contributed by atoms with Crippen molar-refractivity contribution < 1.29 is 28.7 Å². The number of fused-ring (bicyclic) bond motifs is 1. The van der Waals surface area contributed by atoms with E-state index in [2.05, 4.69) is 5.32 Å². The average Bonchev–Trinajstić information content (AvgIpc) is 2.90. The van der Waals surface area contributed by atoms with Crippen LogP contribution in [0.15, 0.2) is 24.3 Å². The van der Waals surface area contributed by atoms with Crippen LogP contribution in [0.3, 0.4) is 0 Å². The van der Waals surface area contributed by atoms with Gasteiger partial charge >= 0.3 is 12.1 Å². The van der Waals surface area contributed by atoms with Crippen molar-refractivity contribution in [3.63, 3.8) is 0 Å². The molecule has 0 fully saturated rings. The molecule has 0 saturated carbocycles. The maximum absolute atomic E-state index is 12.2. The van der Waals surface area contributed by atoms with Gasteiger partial charge in [-0.25, -0.2) is 4.79 Å². The van der Waals surface area contributed by atoms with Crippen LogP contribution in [0.1, 0.15) is 47.9 Å². The Kier molecular flexibility index (Phi) is 6.55. The molecular formula is C19H24N2O6. The van der Waals surface area contributed by atoms with Crippen molar-refractivity contribution in [1.82, 2.24) is 10.2 Å². The van der Waals surface area contributed by atoms with Crippen molar-refractivity contribution in [2.45, 2.75) is 27.2 Å². The number of hydrogen-bond donors (Lipinski definition) is 1. The van der Waals surface area contributed by atoms with Gasteiger partial charge in [0.15, 0.2) is 0 Å². The number of carbonyl (C=O) groups is 4. The second kappa shape index (κ2) is 8.66. The lowest BCUT2D eigenvalue weighted by molar-refractivity contribution is -0.153. The molecule has 8 heteroatoms. The largest absolute Gasteiger partial charge is 0.463 e. The first-order valence-corrected chi connectivity index (χ1v) is 8.81. The molecule has 1 heterocycles. The summed E-state index contributed by atoms with van der Waals surface area (Å²) in [6.45, 7) is 5.46. The fourth-order valence-electron chi connectivity index (χ4n) is 2.36. The van der Waals surface area contributed by atoms with Gasteiger partial charge in [-0.3, -0.25) is 19.3 Å². The molecular weight excluding hydrogens is 352 g/mol. The molecule has 1 N–H and O–H groups in total. The van der Waals surface area contributed by atoms with Gasteiger partial charge in [-0.05, 0) is 32.4 Å². The Hall–Kier alpha value is -2.90. The highest BCUT2D eigenvalue weighted by molar-refractivity contribution is 6.21. The van der Waals surface area contributed by atoms with Crippen LogP contribution in [-0.4, -0.2) is 55.1 Å². The topological polar surface area (TPSA) is 102 Å². The number of nitrogens with zero attached hydrogens (tertiary/aromatic N) is 1. The van der Waals surface area contributed by atoms with Crippen LogP contribution in [0.4, 0.5) is 4.79 Å². The van der Waals surface area contributed by atoms with Gasteiger partial charge in [0.05, 0.1) is 29.6 Å². The molecule has 1 aliphatic rings. The molecule has 0 aromatic heterocycles. The minimum Gasteiger partial charge on any atom is -0.463 e. The summed E-state index contributed by atoms with van der Waals surface area (Å²) in [6.07, 6.45) is -0.0588. The van der Waals surface area contributed by atoms with Gasteiger partial charge in [-0.2, -0.15) is 0 Å². The lowest BCUT2D eigenvalue weighted by Crippen LogP contribution is -2.36. The SMILES string of the molecule is CCC(C)(C)C(=O)OCCNC(=O)OCCN1C(=O)c2ccccc2C1=O. The zero-order valence-electron chi connectivity index (χ0n) is 15.7. The Morgan fingerprint density at radius 2 is 1.63 bits per heavy atom. The van der Waals surface area contributed by atoms with Crippen molar-refractivity contribution >= 4 is 23.9 Å². The quantitative estimate of drug-likeness (QED) is 0.423. The van der Waals surface area contributed by atoms with Crippen molar-refractivity contribution in [2.75, 3.05) is 26.3 Å². The Labute approximate surface area is 157 Å². The average molecular weight is 376 g/mol. The summed E-state index contributed by atoms with van der Waals surface area (Å²) in [4.78, 5) is 48.8. The summed E-state index contributed by atoms with van der Waals surface area (Å²) < 4.78 is 10.0. The zero-order chi connectivity index (χ0) is 20.0. The first-order valence-electron chi connectivity index (χ1n) is 8.81. The highest BCUT2D eigenvalue weighted by Gasteiger charge is 2.34. The summed E-state index contributed by atoms with van der Waals surface area (Å²) in [6, 6.07) is 6.55. The van der Waals surface area contributed by atoms with E-state index in [9.17, 15) is 19.2 Å². The van der Waals surface area contributed by atoms with E-state index in [1.54, 1.807) is 38.1 Å². The van der Waals surface area contributed by atoms with Crippen LogP contribution in [0.2, 0.25) is 0 Å². The summed E-state index contributed by atoms with van der Waals surface area (Å²) in [5.41, 5.74) is 0.139. The van der Waals surface area contributed by atoms with Crippen LogP contribution in [0.5, 0.6) is 0 Å². The molecule has 8 nitrogen and oxygen atoms in total. The fraction of sp³-hybridized carbons (Fsp3) is 0.474. The fourth-order valence-corrected chi connectivity index (χ4v) is 2.36. The van der Waals surface area contributed by atoms with Gasteiger partial charge in [0.2, 0.25) is 0 Å². The van der Waals surface area contributed by atoms with E-state index in [1.165, 1.54) is 0 Å². The number of hydrogen-bond acceptors (Lipinski definition) is 6. The highest BCUT2D eigenvalue weighted by atomic mass is 16.6. The first-order chi connectivity index (χ1) is 12.8. The number of alkyl carbamates (subject to hydrolysis) is 1. The second-order valence-corrected chi connectivity index (χ2v) is 6.74. The number of amides is 3. The molecule has 1 aromatic rings. The second-order valence-electron chi connectivity index (χ2n) is 6.74. The Morgan fingerprint density at radius 1 is 1.04 bits per heavy atom. The lowest BCUT2D eigenvalue weighted by Gasteiger charge is -2.20. The van der Waals surface area contributed by atoms with Gasteiger partial charge in [-0.15, -0.1) is 0 Å². The van der Waals surface area contributed by atoms with Crippen molar-refractivity contribution in [3.8, 4) is 0 Å². The molecule has 3 amide bonds. The third kappa shape index (κ3) is 4.84. The zero-order valence-corrected chi connectivity index (χ0v) is 15.7. The lowest BCUT2D eigenvalue weighted by atomic mass is 9.91. The normalized spacial score (nSPS) is 13.4. The Bertz CT molecular complexity index is 708. The number of benzene rings is 1. The van der Waals surface area contributed by atoms with Crippen molar-refractivity contribution in [1.29, 1.82) is 0 Å². The predicted molar refractivity (Wildman–Crippen MR) is 96.2 cm³/mol. The summed E-state index contributed by atoms with van der Waals surface area (Å²) in [7, 11) is 0. The van der Waals surface area contributed by atoms with Gasteiger partial charge in [0, 0.05) is 0 Å². The third-order valence-corrected chi connectivity index (χ3v) is 4.47. The van der Waals surface area contributed by atoms with E-state index in [-0.39, 0.29) is 32.3 Å². The minimum atomic E-state index is -0.711. The molecule has 27 heavy (non-hydrogen) atoms. The monoisotopic (exact) mass is 376 g/mol. The molecule has 0 unspecified atom stereocenters. The summed E-state index contributed by atoms with van der Waals surface area (Å²) in [5.74, 6) is -1.12. The molecule has 0 atom stereocenters. The van der Waals surface area contributed by atoms with Gasteiger partial charge < -0.3 is 14.8 Å². The molecule has 1 aliphatic heterocycles.